The zero-order chi connectivity index (χ0) is 41.3. The van der Waals surface area contributed by atoms with Crippen molar-refractivity contribution in [2.75, 3.05) is 6.61 Å². The number of fused-ring (bicyclic) bond motifs is 1. The molecule has 57 heavy (non-hydrogen) atoms. The smallest absolute Gasteiger partial charge is 0.309 e. The molecule has 10 saturated carbocycles. The Kier molecular flexibility index (Phi) is 11.9. The lowest BCUT2D eigenvalue weighted by molar-refractivity contribution is -0.262. The summed E-state index contributed by atoms with van der Waals surface area (Å²) in [6.07, 6.45) is 16.1. The highest BCUT2D eigenvalue weighted by Crippen LogP contribution is 2.65. The first-order valence-corrected chi connectivity index (χ1v) is 23.0. The number of aliphatic hydroxyl groups is 2. The van der Waals surface area contributed by atoms with Crippen LogP contribution in [0.25, 0.3) is 0 Å². The average molecular weight is 799 g/mol. The highest BCUT2D eigenvalue weighted by atomic mass is 16.6. The molecule has 11 fully saturated rings. The van der Waals surface area contributed by atoms with Crippen molar-refractivity contribution in [3.8, 4) is 0 Å². The van der Waals surface area contributed by atoms with E-state index in [1.54, 1.807) is 0 Å². The van der Waals surface area contributed by atoms with Gasteiger partial charge in [0, 0.05) is 30.6 Å². The minimum atomic E-state index is -0.829. The maximum Gasteiger partial charge on any atom is 0.309 e. The standard InChI is InChI=1S/C18H30O2.C15H24O4.C14H20O4/c1-5-12(2)16(19)20-17(3,4)18-9-13-6-14(10-18)8-15(7-13)11-18;1-3-10(2)12(16)19-15-6-11-4-13(17,8-15)7-14(18,5-11)9-15;1-3-7(2)14(16)18-12-8-4-9-10(5-8)13(12)17-6-11(9)15/h12-15H,5-11H2,1-4H3;10-11,17-18H,3-9H2,1-2H3;7-10,12-13H,3-6H2,1-2H3. The third kappa shape index (κ3) is 8.37. The van der Waals surface area contributed by atoms with Gasteiger partial charge >= 0.3 is 17.9 Å². The number of ether oxygens (including phenoxy) is 4. The Balaban J connectivity index is 0.000000131. The maximum atomic E-state index is 12.3. The van der Waals surface area contributed by atoms with Crippen molar-refractivity contribution in [1.82, 2.24) is 0 Å². The highest BCUT2D eigenvalue weighted by Gasteiger charge is 2.65. The summed E-state index contributed by atoms with van der Waals surface area (Å²) < 4.78 is 23.1. The van der Waals surface area contributed by atoms with E-state index < -0.39 is 16.8 Å². The lowest BCUT2D eigenvalue weighted by atomic mass is 9.46. The van der Waals surface area contributed by atoms with E-state index in [1.807, 2.05) is 34.6 Å². The van der Waals surface area contributed by atoms with Crippen LogP contribution in [0.1, 0.15) is 165 Å². The molecule has 10 atom stereocenters. The second-order valence-corrected chi connectivity index (χ2v) is 21.8. The summed E-state index contributed by atoms with van der Waals surface area (Å²) in [6, 6.07) is 0. The number of Topliss-reactive ketones (excluding diaryl/α,β-unsaturated/α-hetero) is 1. The molecule has 1 aliphatic heterocycles. The molecule has 1 saturated heterocycles. The summed E-state index contributed by atoms with van der Waals surface area (Å²) in [6.45, 7) is 16.3. The van der Waals surface area contributed by atoms with Crippen LogP contribution in [0.5, 0.6) is 0 Å². The average Bonchev–Trinajstić information content (AvgIpc) is 3.71. The van der Waals surface area contributed by atoms with E-state index in [9.17, 15) is 29.4 Å². The first kappa shape index (κ1) is 43.1. The van der Waals surface area contributed by atoms with Crippen LogP contribution in [0, 0.1) is 64.6 Å². The Hall–Kier alpha value is -2.04. The maximum absolute atomic E-state index is 12.3. The molecule has 11 rings (SSSR count). The third-order valence-corrected chi connectivity index (χ3v) is 16.9. The number of carbonyl (C=O) groups is 4. The predicted octanol–water partition coefficient (Wildman–Crippen LogP) is 7.91. The molecule has 10 unspecified atom stereocenters. The van der Waals surface area contributed by atoms with Gasteiger partial charge in [0.1, 0.15) is 23.9 Å². The van der Waals surface area contributed by atoms with E-state index >= 15 is 0 Å². The zero-order valence-corrected chi connectivity index (χ0v) is 36.3. The van der Waals surface area contributed by atoms with E-state index in [2.05, 4.69) is 20.8 Å². The Morgan fingerprint density at radius 1 is 0.719 bits per heavy atom. The molecule has 10 heteroatoms. The second kappa shape index (κ2) is 15.8. The van der Waals surface area contributed by atoms with Crippen LogP contribution in [0.3, 0.4) is 0 Å². The van der Waals surface area contributed by atoms with Gasteiger partial charge in [-0.05, 0) is 139 Å². The van der Waals surface area contributed by atoms with Crippen LogP contribution in [-0.2, 0) is 38.1 Å². The quantitative estimate of drug-likeness (QED) is 0.165. The zero-order valence-electron chi connectivity index (χ0n) is 36.3. The topological polar surface area (TPSA) is 146 Å². The fourth-order valence-electron chi connectivity index (χ4n) is 14.0. The number of hydrogen-bond acceptors (Lipinski definition) is 10. The van der Waals surface area contributed by atoms with Gasteiger partial charge < -0.3 is 29.2 Å². The third-order valence-electron chi connectivity index (χ3n) is 16.9. The lowest BCUT2D eigenvalue weighted by Crippen LogP contribution is -2.67. The summed E-state index contributed by atoms with van der Waals surface area (Å²) in [5.74, 6) is 3.62. The van der Waals surface area contributed by atoms with E-state index in [-0.39, 0.29) is 83.1 Å². The van der Waals surface area contributed by atoms with Crippen LogP contribution >= 0.6 is 0 Å². The molecule has 0 aromatic carbocycles. The molecule has 11 aliphatic rings. The highest BCUT2D eigenvalue weighted by molar-refractivity contribution is 5.84. The number of hydrogen-bond donors (Lipinski definition) is 2. The Morgan fingerprint density at radius 2 is 1.25 bits per heavy atom. The van der Waals surface area contributed by atoms with Gasteiger partial charge in [0.25, 0.3) is 0 Å². The van der Waals surface area contributed by atoms with Crippen LogP contribution in [0.15, 0.2) is 0 Å². The van der Waals surface area contributed by atoms with Crippen LogP contribution in [0.4, 0.5) is 0 Å². The van der Waals surface area contributed by atoms with Gasteiger partial charge in [0.05, 0.1) is 35.1 Å². The second-order valence-electron chi connectivity index (χ2n) is 21.8. The van der Waals surface area contributed by atoms with Gasteiger partial charge in [-0.1, -0.05) is 41.5 Å². The van der Waals surface area contributed by atoms with Crippen molar-refractivity contribution in [2.45, 2.75) is 199 Å². The molecule has 10 aliphatic carbocycles. The molecular weight excluding hydrogens is 725 g/mol. The first-order chi connectivity index (χ1) is 26.7. The number of carbonyl (C=O) groups excluding carboxylic acids is 4. The summed E-state index contributed by atoms with van der Waals surface area (Å²) in [4.78, 5) is 47.9. The number of ketones is 1. The fraction of sp³-hybridized carbons (Fsp3) is 0.915. The molecule has 0 aromatic heterocycles. The summed E-state index contributed by atoms with van der Waals surface area (Å²) in [5.41, 5.74) is -2.30. The van der Waals surface area contributed by atoms with Crippen LogP contribution in [-0.4, -0.2) is 75.1 Å². The summed E-state index contributed by atoms with van der Waals surface area (Å²) in [7, 11) is 0. The molecule has 0 spiro atoms. The minimum Gasteiger partial charge on any atom is -0.459 e. The van der Waals surface area contributed by atoms with Gasteiger partial charge in [-0.2, -0.15) is 0 Å². The molecule has 1 heterocycles. The van der Waals surface area contributed by atoms with Gasteiger partial charge in [0.15, 0.2) is 5.78 Å². The van der Waals surface area contributed by atoms with Gasteiger partial charge in [-0.25, -0.2) is 0 Å². The molecule has 322 valence electrons. The SMILES string of the molecule is CCC(C)C(=O)OC(C)(C)C12CC3CC(CC(C3)C1)C2.CCC(C)C(=O)OC12CC3CC(O)(CC(O)(C3)C1)C2.CCC(C)C(=O)OC1C2CC3C(=O)COC1C3C2. The van der Waals surface area contributed by atoms with Crippen LogP contribution < -0.4 is 0 Å². The molecule has 10 bridgehead atoms. The molecular formula is C47H74O10. The fourth-order valence-corrected chi connectivity index (χ4v) is 14.0. The van der Waals surface area contributed by atoms with Gasteiger partial charge in [-0.15, -0.1) is 0 Å². The van der Waals surface area contributed by atoms with Crippen molar-refractivity contribution < 1.29 is 48.3 Å². The predicted molar refractivity (Wildman–Crippen MR) is 213 cm³/mol. The number of esters is 3. The van der Waals surface area contributed by atoms with E-state index in [1.165, 1.54) is 38.5 Å². The molecule has 2 N–H and O–H groups in total. The monoisotopic (exact) mass is 799 g/mol. The van der Waals surface area contributed by atoms with Crippen molar-refractivity contribution in [3.63, 3.8) is 0 Å². The molecule has 0 amide bonds. The van der Waals surface area contributed by atoms with Crippen molar-refractivity contribution in [1.29, 1.82) is 0 Å². The van der Waals surface area contributed by atoms with Crippen LogP contribution in [0.2, 0.25) is 0 Å². The normalized spacial score (nSPS) is 44.2. The lowest BCUT2D eigenvalue weighted by Gasteiger charge is -2.62. The molecule has 0 aromatic rings. The van der Waals surface area contributed by atoms with Gasteiger partial charge in [-0.3, -0.25) is 19.2 Å². The Morgan fingerprint density at radius 3 is 1.77 bits per heavy atom. The van der Waals surface area contributed by atoms with E-state index in [0.29, 0.717) is 31.1 Å². The minimum absolute atomic E-state index is 0.00763. The van der Waals surface area contributed by atoms with Crippen molar-refractivity contribution in [2.24, 2.45) is 64.6 Å². The summed E-state index contributed by atoms with van der Waals surface area (Å²) in [5, 5.41) is 21.2. The largest absolute Gasteiger partial charge is 0.459 e. The molecule has 10 nitrogen and oxygen atoms in total. The molecule has 0 radical (unpaired) electrons. The van der Waals surface area contributed by atoms with E-state index in [0.717, 1.165) is 69.1 Å². The van der Waals surface area contributed by atoms with Crippen molar-refractivity contribution >= 4 is 23.7 Å². The number of rotatable bonds is 10. The van der Waals surface area contributed by atoms with Crippen molar-refractivity contribution in [3.05, 3.63) is 0 Å². The van der Waals surface area contributed by atoms with Gasteiger partial charge in [0.2, 0.25) is 0 Å². The Bertz CT molecular complexity index is 1480. The first-order valence-electron chi connectivity index (χ1n) is 23.0. The Labute approximate surface area is 341 Å². The summed E-state index contributed by atoms with van der Waals surface area (Å²) >= 11 is 0. The van der Waals surface area contributed by atoms with E-state index in [4.69, 9.17) is 18.9 Å².